The quantitative estimate of drug-likeness (QED) is 0.839. The molecule has 20 heavy (non-hydrogen) atoms. The lowest BCUT2D eigenvalue weighted by Crippen LogP contribution is -2.40. The summed E-state index contributed by atoms with van der Waals surface area (Å²) >= 11 is 0. The number of benzene rings is 1. The molecule has 112 valence electrons. The molecule has 1 fully saturated rings. The Kier molecular flexibility index (Phi) is 6.02. The summed E-state index contributed by atoms with van der Waals surface area (Å²) in [6.45, 7) is 5.91. The third-order valence-electron chi connectivity index (χ3n) is 4.48. The first-order chi connectivity index (χ1) is 9.70. The van der Waals surface area contributed by atoms with Crippen LogP contribution in [0.4, 0.5) is 0 Å². The summed E-state index contributed by atoms with van der Waals surface area (Å²) < 4.78 is 0. The minimum Gasteiger partial charge on any atom is -0.396 e. The molecule has 2 rings (SSSR count). The fourth-order valence-electron chi connectivity index (χ4n) is 3.26. The largest absolute Gasteiger partial charge is 0.396 e. The predicted molar refractivity (Wildman–Crippen MR) is 83.4 cm³/mol. The molecule has 0 bridgehead atoms. The number of aliphatic hydroxyl groups is 1. The van der Waals surface area contributed by atoms with Crippen molar-refractivity contribution < 1.29 is 5.11 Å². The van der Waals surface area contributed by atoms with Gasteiger partial charge in [0.25, 0.3) is 0 Å². The van der Waals surface area contributed by atoms with Crippen LogP contribution >= 0.6 is 0 Å². The standard InChI is InChI=1S/C17H28N2O/c1-14(17(18)16-7-3-2-4-8-16)12-19-10-5-6-15(13-19)9-11-20/h2-4,7-8,14-15,17,20H,5-6,9-13,18H2,1H3. The Morgan fingerprint density at radius 2 is 2.10 bits per heavy atom. The van der Waals surface area contributed by atoms with E-state index >= 15 is 0 Å². The van der Waals surface area contributed by atoms with Gasteiger partial charge < -0.3 is 15.7 Å². The first kappa shape index (κ1) is 15.5. The Labute approximate surface area is 122 Å². The summed E-state index contributed by atoms with van der Waals surface area (Å²) in [5, 5.41) is 9.09. The first-order valence-corrected chi connectivity index (χ1v) is 7.84. The molecule has 3 unspecified atom stereocenters. The molecular weight excluding hydrogens is 248 g/mol. The van der Waals surface area contributed by atoms with E-state index in [1.165, 1.54) is 24.9 Å². The number of hydrogen-bond donors (Lipinski definition) is 2. The van der Waals surface area contributed by atoms with E-state index in [-0.39, 0.29) is 6.04 Å². The van der Waals surface area contributed by atoms with Gasteiger partial charge in [-0.3, -0.25) is 0 Å². The van der Waals surface area contributed by atoms with Gasteiger partial charge in [-0.25, -0.2) is 0 Å². The molecule has 1 aliphatic rings. The van der Waals surface area contributed by atoms with E-state index in [1.54, 1.807) is 0 Å². The lowest BCUT2D eigenvalue weighted by atomic mass is 9.91. The van der Waals surface area contributed by atoms with Crippen LogP contribution in [-0.2, 0) is 0 Å². The number of rotatable bonds is 6. The Morgan fingerprint density at radius 1 is 1.35 bits per heavy atom. The molecule has 0 aromatic heterocycles. The lowest BCUT2D eigenvalue weighted by Gasteiger charge is -2.35. The van der Waals surface area contributed by atoms with Crippen molar-refractivity contribution >= 4 is 0 Å². The first-order valence-electron chi connectivity index (χ1n) is 7.84. The molecule has 3 N–H and O–H groups in total. The molecule has 0 saturated carbocycles. The highest BCUT2D eigenvalue weighted by atomic mass is 16.3. The number of likely N-dealkylation sites (tertiary alicyclic amines) is 1. The molecule has 3 heteroatoms. The number of hydrogen-bond acceptors (Lipinski definition) is 3. The van der Waals surface area contributed by atoms with Gasteiger partial charge >= 0.3 is 0 Å². The van der Waals surface area contributed by atoms with Gasteiger partial charge in [0.15, 0.2) is 0 Å². The number of piperidine rings is 1. The van der Waals surface area contributed by atoms with Crippen molar-refractivity contribution in [3.05, 3.63) is 35.9 Å². The van der Waals surface area contributed by atoms with Crippen LogP contribution in [0.15, 0.2) is 30.3 Å². The molecule has 0 spiro atoms. The summed E-state index contributed by atoms with van der Waals surface area (Å²) in [6, 6.07) is 10.5. The summed E-state index contributed by atoms with van der Waals surface area (Å²) in [6.07, 6.45) is 3.45. The SMILES string of the molecule is CC(CN1CCCC(CCO)C1)C(N)c1ccccc1. The molecular formula is C17H28N2O. The topological polar surface area (TPSA) is 49.5 Å². The van der Waals surface area contributed by atoms with E-state index in [4.69, 9.17) is 10.8 Å². The average Bonchev–Trinajstić information content (AvgIpc) is 2.48. The van der Waals surface area contributed by atoms with Gasteiger partial charge in [-0.05, 0) is 43.2 Å². The Morgan fingerprint density at radius 3 is 2.80 bits per heavy atom. The second kappa shape index (κ2) is 7.77. The fourth-order valence-corrected chi connectivity index (χ4v) is 3.26. The second-order valence-electron chi connectivity index (χ2n) is 6.19. The van der Waals surface area contributed by atoms with E-state index in [2.05, 4.69) is 36.1 Å². The molecule has 1 aliphatic heterocycles. The van der Waals surface area contributed by atoms with E-state index in [9.17, 15) is 0 Å². The van der Waals surface area contributed by atoms with Gasteiger partial charge in [0.1, 0.15) is 0 Å². The molecule has 1 saturated heterocycles. The Hall–Kier alpha value is -0.900. The second-order valence-corrected chi connectivity index (χ2v) is 6.19. The van der Waals surface area contributed by atoms with Gasteiger partial charge in [0.2, 0.25) is 0 Å². The van der Waals surface area contributed by atoms with Crippen molar-refractivity contribution in [3.63, 3.8) is 0 Å². The molecule has 1 aromatic carbocycles. The van der Waals surface area contributed by atoms with Crippen molar-refractivity contribution in [2.45, 2.75) is 32.2 Å². The lowest BCUT2D eigenvalue weighted by molar-refractivity contribution is 0.129. The molecule has 0 amide bonds. The van der Waals surface area contributed by atoms with E-state index in [0.29, 0.717) is 18.4 Å². The van der Waals surface area contributed by atoms with Gasteiger partial charge in [0.05, 0.1) is 0 Å². The van der Waals surface area contributed by atoms with Crippen LogP contribution in [0.3, 0.4) is 0 Å². The van der Waals surface area contributed by atoms with Crippen molar-refractivity contribution in [2.75, 3.05) is 26.2 Å². The van der Waals surface area contributed by atoms with Gasteiger partial charge in [-0.2, -0.15) is 0 Å². The molecule has 3 nitrogen and oxygen atoms in total. The maximum absolute atomic E-state index is 9.09. The number of nitrogens with two attached hydrogens (primary N) is 1. The van der Waals surface area contributed by atoms with Crippen LogP contribution in [0.2, 0.25) is 0 Å². The van der Waals surface area contributed by atoms with Crippen LogP contribution in [0.1, 0.15) is 37.8 Å². The third-order valence-corrected chi connectivity index (χ3v) is 4.48. The maximum atomic E-state index is 9.09. The zero-order valence-electron chi connectivity index (χ0n) is 12.5. The van der Waals surface area contributed by atoms with Crippen LogP contribution < -0.4 is 5.73 Å². The highest BCUT2D eigenvalue weighted by Gasteiger charge is 2.23. The monoisotopic (exact) mass is 276 g/mol. The minimum absolute atomic E-state index is 0.106. The van der Waals surface area contributed by atoms with Gasteiger partial charge in [-0.1, -0.05) is 37.3 Å². The van der Waals surface area contributed by atoms with Crippen LogP contribution in [-0.4, -0.2) is 36.2 Å². The molecule has 3 atom stereocenters. The molecule has 1 heterocycles. The highest BCUT2D eigenvalue weighted by molar-refractivity contribution is 5.19. The van der Waals surface area contributed by atoms with Gasteiger partial charge in [-0.15, -0.1) is 0 Å². The van der Waals surface area contributed by atoms with Crippen LogP contribution in [0, 0.1) is 11.8 Å². The van der Waals surface area contributed by atoms with Crippen molar-refractivity contribution in [3.8, 4) is 0 Å². The molecule has 0 aliphatic carbocycles. The normalized spacial score (nSPS) is 23.4. The Bertz CT molecular complexity index is 380. The van der Waals surface area contributed by atoms with Crippen LogP contribution in [0.25, 0.3) is 0 Å². The van der Waals surface area contributed by atoms with Gasteiger partial charge in [0, 0.05) is 25.7 Å². The zero-order valence-corrected chi connectivity index (χ0v) is 12.5. The molecule has 0 radical (unpaired) electrons. The highest BCUT2D eigenvalue weighted by Crippen LogP contribution is 2.24. The predicted octanol–water partition coefficient (Wildman–Crippen LogP) is 2.42. The van der Waals surface area contributed by atoms with Crippen LogP contribution in [0.5, 0.6) is 0 Å². The molecule has 1 aromatic rings. The smallest absolute Gasteiger partial charge is 0.0434 e. The van der Waals surface area contributed by atoms with Crippen molar-refractivity contribution in [1.82, 2.24) is 4.90 Å². The minimum atomic E-state index is 0.106. The van der Waals surface area contributed by atoms with E-state index in [0.717, 1.165) is 19.5 Å². The third kappa shape index (κ3) is 4.30. The number of nitrogens with zero attached hydrogens (tertiary/aromatic N) is 1. The van der Waals surface area contributed by atoms with Crippen molar-refractivity contribution in [2.24, 2.45) is 17.6 Å². The Balaban J connectivity index is 1.86. The van der Waals surface area contributed by atoms with E-state index < -0.39 is 0 Å². The van der Waals surface area contributed by atoms with Crippen molar-refractivity contribution in [1.29, 1.82) is 0 Å². The summed E-state index contributed by atoms with van der Waals surface area (Å²) in [4.78, 5) is 2.53. The summed E-state index contributed by atoms with van der Waals surface area (Å²) in [5.41, 5.74) is 7.61. The fraction of sp³-hybridized carbons (Fsp3) is 0.647. The number of aliphatic hydroxyl groups excluding tert-OH is 1. The average molecular weight is 276 g/mol. The summed E-state index contributed by atoms with van der Waals surface area (Å²) in [7, 11) is 0. The maximum Gasteiger partial charge on any atom is 0.0434 e. The summed E-state index contributed by atoms with van der Waals surface area (Å²) in [5.74, 6) is 1.11. The van der Waals surface area contributed by atoms with E-state index in [1.807, 2.05) is 6.07 Å². The zero-order chi connectivity index (χ0) is 14.4.